The van der Waals surface area contributed by atoms with E-state index in [9.17, 15) is 28.6 Å². The van der Waals surface area contributed by atoms with Crippen LogP contribution >= 0.6 is 30.3 Å². The third-order valence-corrected chi connectivity index (χ3v) is 13.7. The molecule has 2 saturated carbocycles. The molecule has 0 spiro atoms. The number of benzene rings is 2. The first-order valence-electron chi connectivity index (χ1n) is 21.4. The van der Waals surface area contributed by atoms with Crippen molar-refractivity contribution in [3.05, 3.63) is 87.4 Å². The Hall–Kier alpha value is -4.53. The molecule has 0 aliphatic heterocycles. The first kappa shape index (κ1) is 52.8. The van der Waals surface area contributed by atoms with Crippen LogP contribution in [0.25, 0.3) is 22.3 Å². The summed E-state index contributed by atoms with van der Waals surface area (Å²) in [6.45, 7) is 16.0. The van der Waals surface area contributed by atoms with Crippen molar-refractivity contribution in [1.29, 1.82) is 0 Å². The maximum absolute atomic E-state index is 13.3. The van der Waals surface area contributed by atoms with Gasteiger partial charge in [-0.25, -0.2) is 9.78 Å². The Labute approximate surface area is 381 Å². The Morgan fingerprint density at radius 2 is 1.78 bits per heavy atom. The van der Waals surface area contributed by atoms with E-state index in [-0.39, 0.29) is 37.0 Å². The van der Waals surface area contributed by atoms with Crippen LogP contribution < -0.4 is 26.1 Å². The van der Waals surface area contributed by atoms with Gasteiger partial charge in [0.25, 0.3) is 0 Å². The Morgan fingerprint density at radius 1 is 1.11 bits per heavy atom. The number of amides is 4. The van der Waals surface area contributed by atoms with E-state index in [2.05, 4.69) is 67.1 Å². The number of hydrogen-bond acceptors (Lipinski definition) is 10. The average Bonchev–Trinajstić information content (AvgIpc) is 3.51. The maximum Gasteiger partial charge on any atom is 0.325 e. The van der Waals surface area contributed by atoms with Gasteiger partial charge in [0, 0.05) is 53.5 Å². The lowest BCUT2D eigenvalue weighted by Crippen LogP contribution is -2.51. The molecule has 17 heteroatoms. The highest BCUT2D eigenvalue weighted by atomic mass is 35.5. The van der Waals surface area contributed by atoms with Gasteiger partial charge >= 0.3 is 6.03 Å². The number of fused-ring (bicyclic) bond motifs is 1. The van der Waals surface area contributed by atoms with Crippen LogP contribution in [0.15, 0.2) is 71.4 Å². The van der Waals surface area contributed by atoms with Crippen LogP contribution in [-0.4, -0.2) is 82.8 Å². The molecule has 3 atom stereocenters. The fourth-order valence-corrected chi connectivity index (χ4v) is 9.98. The van der Waals surface area contributed by atoms with Crippen molar-refractivity contribution in [3.8, 4) is 17.1 Å². The van der Waals surface area contributed by atoms with E-state index in [0.29, 0.717) is 52.4 Å². The van der Waals surface area contributed by atoms with Gasteiger partial charge in [0.2, 0.25) is 19.7 Å². The number of anilines is 1. The molecule has 2 aromatic heterocycles. The highest BCUT2D eigenvalue weighted by Crippen LogP contribution is 2.70. The predicted molar refractivity (Wildman–Crippen MR) is 256 cm³/mol. The summed E-state index contributed by atoms with van der Waals surface area (Å²) in [5.74, 6) is 0.561. The molecule has 0 saturated heterocycles. The van der Waals surface area contributed by atoms with Gasteiger partial charge < -0.3 is 35.3 Å². The molecule has 346 valence electrons. The number of nitrogens with zero attached hydrogens (tertiary/aromatic N) is 2. The highest BCUT2D eigenvalue weighted by molar-refractivity contribution is 7.59. The monoisotopic (exact) mass is 928 g/mol. The third kappa shape index (κ3) is 16.2. The topological polar surface area (TPSA) is 192 Å². The first-order valence-corrected chi connectivity index (χ1v) is 24.5. The number of rotatable bonds is 16. The Bertz CT molecular complexity index is 2190. The SMILES string of the molecule is C=CC1C[C@]1(NC(=O)N(CCCC)C(=O)CNC=O)P(=O)(O)Cc1ccc(Cl)cc1.CC(C)C.COC1CCCC1.COc1ccc2c(=O)cc(-c3csc(NC(C)C)n3)[nH]c2c1. The number of pyridine rings is 1. The summed E-state index contributed by atoms with van der Waals surface area (Å²) in [6, 6.07) is 13.1. The zero-order valence-electron chi connectivity index (χ0n) is 37.9. The Kier molecular flexibility index (Phi) is 21.5. The lowest BCUT2D eigenvalue weighted by atomic mass is 10.1. The van der Waals surface area contributed by atoms with Gasteiger partial charge in [-0.05, 0) is 75.3 Å². The summed E-state index contributed by atoms with van der Waals surface area (Å²) in [5.41, 5.74) is 2.79. The van der Waals surface area contributed by atoms with Crippen molar-refractivity contribution in [2.24, 2.45) is 11.8 Å². The fourth-order valence-electron chi connectivity index (χ4n) is 6.63. The van der Waals surface area contributed by atoms with Crippen molar-refractivity contribution >= 4 is 64.7 Å². The minimum Gasteiger partial charge on any atom is -0.497 e. The van der Waals surface area contributed by atoms with Gasteiger partial charge in [-0.15, -0.1) is 17.9 Å². The van der Waals surface area contributed by atoms with Gasteiger partial charge in [-0.2, -0.15) is 0 Å². The van der Waals surface area contributed by atoms with E-state index in [0.717, 1.165) is 33.6 Å². The van der Waals surface area contributed by atoms with Crippen LogP contribution in [0.1, 0.15) is 92.1 Å². The number of halogens is 1. The second-order valence-electron chi connectivity index (χ2n) is 16.5. The second-order valence-corrected chi connectivity index (χ2v) is 20.3. The normalized spacial score (nSPS) is 17.4. The van der Waals surface area contributed by atoms with Crippen molar-refractivity contribution in [1.82, 2.24) is 25.5 Å². The standard InChI is InChI=1S/C20H27ClN3O5P.C16H17N3O2S.C6H12O.C4H10/c1-3-5-10-24(18(26)12-22-14-25)19(27)23-20(11-16(20)4-2)30(28,29)13-15-6-8-17(21)9-7-15;1-9(2)17-16-19-14(8-22-16)13-7-15(20)11-5-4-10(21-3)6-12(11)18-13;1-7-6-4-2-3-5-6;1-4(2)3/h4,6-9,14,16H,2-3,5,10-13H2,1H3,(H,22,25)(H,23,27)(H,28,29);4-9H,1-3H3,(H,17,19)(H,18,20);6H,2-5H2,1H3;4H,1-3H3/t16?,20-;;;/m0.../s1. The summed E-state index contributed by atoms with van der Waals surface area (Å²) in [5, 5.41) is 10.7. The number of hydrogen-bond donors (Lipinski definition) is 5. The number of nitrogens with one attached hydrogen (secondary N) is 4. The fraction of sp³-hybridized carbons (Fsp3) is 0.500. The zero-order chi connectivity index (χ0) is 46.7. The molecule has 5 N–H and O–H groups in total. The molecule has 4 aromatic rings. The molecule has 0 radical (unpaired) electrons. The Morgan fingerprint density at radius 3 is 2.32 bits per heavy atom. The minimum absolute atomic E-state index is 0.0298. The van der Waals surface area contributed by atoms with Gasteiger partial charge in [-0.3, -0.25) is 23.8 Å². The molecule has 2 heterocycles. The number of unbranched alkanes of at least 4 members (excludes halogenated alkanes) is 1. The van der Waals surface area contributed by atoms with E-state index in [1.807, 2.05) is 18.4 Å². The molecule has 63 heavy (non-hydrogen) atoms. The molecule has 2 fully saturated rings. The average molecular weight is 930 g/mol. The van der Waals surface area contributed by atoms with E-state index in [1.54, 1.807) is 56.7 Å². The molecule has 2 aromatic carbocycles. The Balaban J connectivity index is 0.000000276. The molecule has 2 aliphatic rings. The number of methoxy groups -OCH3 is 2. The van der Waals surface area contributed by atoms with Gasteiger partial charge in [0.15, 0.2) is 10.6 Å². The zero-order valence-corrected chi connectivity index (χ0v) is 40.3. The van der Waals surface area contributed by atoms with Crippen LogP contribution in [0.5, 0.6) is 5.75 Å². The molecule has 4 amide bonds. The summed E-state index contributed by atoms with van der Waals surface area (Å²) >= 11 is 7.40. The maximum atomic E-state index is 13.3. The lowest BCUT2D eigenvalue weighted by Gasteiger charge is -2.29. The molecule has 0 bridgehead atoms. The van der Waals surface area contributed by atoms with Crippen LogP contribution in [-0.2, 0) is 25.1 Å². The van der Waals surface area contributed by atoms with Crippen molar-refractivity contribution in [2.75, 3.05) is 32.6 Å². The van der Waals surface area contributed by atoms with E-state index in [4.69, 9.17) is 21.1 Å². The largest absolute Gasteiger partial charge is 0.497 e. The van der Waals surface area contributed by atoms with E-state index >= 15 is 0 Å². The number of H-pyrrole nitrogens is 1. The molecule has 14 nitrogen and oxygen atoms in total. The smallest absolute Gasteiger partial charge is 0.325 e. The second kappa shape index (κ2) is 25.7. The first-order chi connectivity index (χ1) is 29.9. The highest BCUT2D eigenvalue weighted by Gasteiger charge is 2.65. The van der Waals surface area contributed by atoms with Crippen LogP contribution in [0.2, 0.25) is 5.02 Å². The van der Waals surface area contributed by atoms with E-state index in [1.165, 1.54) is 43.1 Å². The molecular weight excluding hydrogens is 863 g/mol. The van der Waals surface area contributed by atoms with Gasteiger partial charge in [0.05, 0.1) is 42.8 Å². The van der Waals surface area contributed by atoms with E-state index < -0.39 is 24.6 Å². The number of aromatic nitrogens is 2. The summed E-state index contributed by atoms with van der Waals surface area (Å²) in [4.78, 5) is 67.7. The predicted octanol–water partition coefficient (Wildman–Crippen LogP) is 9.82. The van der Waals surface area contributed by atoms with Crippen molar-refractivity contribution < 1.29 is 33.3 Å². The molecule has 2 aliphatic carbocycles. The van der Waals surface area contributed by atoms with Crippen molar-refractivity contribution in [2.45, 2.75) is 110 Å². The number of ether oxygens (including phenoxy) is 2. The number of imide groups is 1. The lowest BCUT2D eigenvalue weighted by molar-refractivity contribution is -0.128. The number of carbonyl (C=O) groups is 3. The number of thiazole rings is 1. The summed E-state index contributed by atoms with van der Waals surface area (Å²) < 4.78 is 23.7. The number of aromatic amines is 1. The minimum atomic E-state index is -3.92. The summed E-state index contributed by atoms with van der Waals surface area (Å²) in [7, 11) is -0.515. The van der Waals surface area contributed by atoms with Crippen molar-refractivity contribution in [3.63, 3.8) is 0 Å². The van der Waals surface area contributed by atoms with Gasteiger partial charge in [-0.1, -0.05) is 76.8 Å². The van der Waals surface area contributed by atoms with Crippen LogP contribution in [0.4, 0.5) is 9.93 Å². The number of urea groups is 1. The van der Waals surface area contributed by atoms with Gasteiger partial charge in [0.1, 0.15) is 11.0 Å². The quantitative estimate of drug-likeness (QED) is 0.0411. The molecule has 2 unspecified atom stereocenters. The van der Waals surface area contributed by atoms with Crippen LogP contribution in [0, 0.1) is 11.8 Å². The van der Waals surface area contributed by atoms with Crippen LogP contribution in [0.3, 0.4) is 0 Å². The third-order valence-electron chi connectivity index (χ3n) is 10.0. The molecule has 6 rings (SSSR count). The number of carbonyl (C=O) groups excluding carboxylic acids is 3. The summed E-state index contributed by atoms with van der Waals surface area (Å²) in [6.07, 6.45) is 9.25. The molecular formula is C46H66ClN6O8PS.